The van der Waals surface area contributed by atoms with Crippen molar-refractivity contribution in [2.45, 2.75) is 57.2 Å². The lowest BCUT2D eigenvalue weighted by Crippen LogP contribution is -2.44. The highest BCUT2D eigenvalue weighted by atomic mass is 16.2. The summed E-state index contributed by atoms with van der Waals surface area (Å²) in [6.45, 7) is 1.59. The van der Waals surface area contributed by atoms with Crippen LogP contribution in [0, 0.1) is 0 Å². The molecule has 3 rings (SSSR count). The number of carbonyl (C=O) groups is 3. The molecular formula is C21H30N4O3. The molecule has 0 aromatic heterocycles. The molecule has 152 valence electrons. The van der Waals surface area contributed by atoms with E-state index in [1.807, 2.05) is 32.3 Å². The van der Waals surface area contributed by atoms with Crippen molar-refractivity contribution in [3.05, 3.63) is 35.4 Å². The molecule has 0 radical (unpaired) electrons. The minimum Gasteiger partial charge on any atom is -0.352 e. The Morgan fingerprint density at radius 2 is 1.86 bits per heavy atom. The zero-order chi connectivity index (χ0) is 20.1. The second kappa shape index (κ2) is 8.73. The monoisotopic (exact) mass is 386 g/mol. The largest absolute Gasteiger partial charge is 0.352 e. The van der Waals surface area contributed by atoms with E-state index in [4.69, 9.17) is 0 Å². The Morgan fingerprint density at radius 3 is 2.54 bits per heavy atom. The molecule has 28 heavy (non-hydrogen) atoms. The Bertz CT molecular complexity index is 741. The fraction of sp³-hybridized carbons (Fsp3) is 0.571. The van der Waals surface area contributed by atoms with E-state index in [0.29, 0.717) is 19.4 Å². The summed E-state index contributed by atoms with van der Waals surface area (Å²) in [6.07, 6.45) is 4.15. The molecule has 4 amide bonds. The first-order valence-electron chi connectivity index (χ1n) is 10.0. The Balaban J connectivity index is 1.44. The lowest BCUT2D eigenvalue weighted by atomic mass is 9.98. The van der Waals surface area contributed by atoms with Crippen molar-refractivity contribution < 1.29 is 14.4 Å². The van der Waals surface area contributed by atoms with Crippen molar-refractivity contribution >= 4 is 17.8 Å². The van der Waals surface area contributed by atoms with Crippen molar-refractivity contribution in [3.63, 3.8) is 0 Å². The number of imide groups is 1. The maximum Gasteiger partial charge on any atom is 0.325 e. The molecule has 7 heteroatoms. The molecule has 1 saturated carbocycles. The van der Waals surface area contributed by atoms with Crippen LogP contribution in [-0.2, 0) is 22.7 Å². The van der Waals surface area contributed by atoms with Crippen molar-refractivity contribution in [3.8, 4) is 0 Å². The summed E-state index contributed by atoms with van der Waals surface area (Å²) in [4.78, 5) is 40.3. The minimum absolute atomic E-state index is 0.0673. The van der Waals surface area contributed by atoms with E-state index in [1.165, 1.54) is 10.5 Å². The van der Waals surface area contributed by atoms with E-state index >= 15 is 0 Å². The molecule has 2 fully saturated rings. The third kappa shape index (κ3) is 4.52. The van der Waals surface area contributed by atoms with Gasteiger partial charge in [-0.2, -0.15) is 0 Å². The SMILES string of the molecule is CN(C)Cc1ccccc1CNC(=O)CCCN1C(=O)NC2(CCCC2)C1=O. The average molecular weight is 386 g/mol. The first-order valence-corrected chi connectivity index (χ1v) is 10.0. The predicted molar refractivity (Wildman–Crippen MR) is 106 cm³/mol. The van der Waals surface area contributed by atoms with Crippen LogP contribution >= 0.6 is 0 Å². The van der Waals surface area contributed by atoms with Crippen LogP contribution in [0.1, 0.15) is 49.7 Å². The van der Waals surface area contributed by atoms with Crippen LogP contribution in [-0.4, -0.2) is 53.8 Å². The second-order valence-corrected chi connectivity index (χ2v) is 8.06. The molecule has 1 aliphatic carbocycles. The highest BCUT2D eigenvalue weighted by Gasteiger charge is 2.51. The van der Waals surface area contributed by atoms with Gasteiger partial charge in [0.05, 0.1) is 0 Å². The van der Waals surface area contributed by atoms with Gasteiger partial charge in [0.25, 0.3) is 5.91 Å². The molecule has 1 saturated heterocycles. The van der Waals surface area contributed by atoms with Crippen LogP contribution in [0.15, 0.2) is 24.3 Å². The quantitative estimate of drug-likeness (QED) is 0.670. The zero-order valence-electron chi connectivity index (χ0n) is 16.8. The smallest absolute Gasteiger partial charge is 0.325 e. The van der Waals surface area contributed by atoms with E-state index in [9.17, 15) is 14.4 Å². The first-order chi connectivity index (χ1) is 13.4. The standard InChI is InChI=1S/C21H30N4O3/c1-24(2)15-17-9-4-3-8-16(17)14-22-18(26)10-7-13-25-19(27)21(23-20(25)28)11-5-6-12-21/h3-4,8-9H,5-7,10-15H2,1-2H3,(H,22,26)(H,23,28). The number of benzene rings is 1. The van der Waals surface area contributed by atoms with Gasteiger partial charge in [-0.15, -0.1) is 0 Å². The Hall–Kier alpha value is -2.41. The maximum absolute atomic E-state index is 12.6. The predicted octanol–water partition coefficient (Wildman–Crippen LogP) is 2.01. The van der Waals surface area contributed by atoms with Crippen molar-refractivity contribution in [2.75, 3.05) is 20.6 Å². The second-order valence-electron chi connectivity index (χ2n) is 8.06. The molecule has 0 atom stereocenters. The van der Waals surface area contributed by atoms with E-state index in [2.05, 4.69) is 21.6 Å². The lowest BCUT2D eigenvalue weighted by molar-refractivity contribution is -0.131. The van der Waals surface area contributed by atoms with Gasteiger partial charge >= 0.3 is 6.03 Å². The topological polar surface area (TPSA) is 81.8 Å². The van der Waals surface area contributed by atoms with Crippen LogP contribution in [0.25, 0.3) is 0 Å². The Labute approximate surface area is 166 Å². The van der Waals surface area contributed by atoms with Crippen LogP contribution in [0.3, 0.4) is 0 Å². The third-order valence-electron chi connectivity index (χ3n) is 5.57. The van der Waals surface area contributed by atoms with Gasteiger partial charge in [0.15, 0.2) is 0 Å². The zero-order valence-corrected chi connectivity index (χ0v) is 16.8. The summed E-state index contributed by atoms with van der Waals surface area (Å²) in [5, 5.41) is 5.82. The number of urea groups is 1. The van der Waals surface area contributed by atoms with Gasteiger partial charge in [0, 0.05) is 26.1 Å². The molecule has 0 bridgehead atoms. The molecule has 0 unspecified atom stereocenters. The number of hydrogen-bond acceptors (Lipinski definition) is 4. The number of carbonyl (C=O) groups excluding carboxylic acids is 3. The Morgan fingerprint density at radius 1 is 1.18 bits per heavy atom. The molecule has 2 N–H and O–H groups in total. The molecule has 1 aromatic carbocycles. The lowest BCUT2D eigenvalue weighted by Gasteiger charge is -2.20. The van der Waals surface area contributed by atoms with E-state index in [1.54, 1.807) is 0 Å². The highest BCUT2D eigenvalue weighted by Crippen LogP contribution is 2.35. The summed E-state index contributed by atoms with van der Waals surface area (Å²) >= 11 is 0. The summed E-state index contributed by atoms with van der Waals surface area (Å²) in [5.74, 6) is -0.185. The van der Waals surface area contributed by atoms with Gasteiger partial charge in [0.2, 0.25) is 5.91 Å². The third-order valence-corrected chi connectivity index (χ3v) is 5.57. The van der Waals surface area contributed by atoms with Crippen molar-refractivity contribution in [1.82, 2.24) is 20.4 Å². The highest BCUT2D eigenvalue weighted by molar-refractivity contribution is 6.07. The van der Waals surface area contributed by atoms with Crippen molar-refractivity contribution in [1.29, 1.82) is 0 Å². The molecule has 7 nitrogen and oxygen atoms in total. The average Bonchev–Trinajstić information content (AvgIpc) is 3.21. The van der Waals surface area contributed by atoms with E-state index in [-0.39, 0.29) is 24.4 Å². The molecule has 1 spiro atoms. The van der Waals surface area contributed by atoms with Gasteiger partial charge < -0.3 is 15.5 Å². The maximum atomic E-state index is 12.6. The fourth-order valence-corrected chi connectivity index (χ4v) is 4.10. The normalized spacial score (nSPS) is 18.2. The first kappa shape index (κ1) is 20.3. The van der Waals surface area contributed by atoms with Crippen molar-refractivity contribution in [2.24, 2.45) is 0 Å². The van der Waals surface area contributed by atoms with Gasteiger partial charge in [-0.25, -0.2) is 4.79 Å². The molecule has 1 aliphatic heterocycles. The minimum atomic E-state index is -0.671. The number of nitrogens with one attached hydrogen (secondary N) is 2. The molecular weight excluding hydrogens is 356 g/mol. The van der Waals surface area contributed by atoms with Crippen LogP contribution in [0.4, 0.5) is 4.79 Å². The Kier molecular flexibility index (Phi) is 6.34. The molecule has 1 heterocycles. The molecule has 1 aromatic rings. The summed E-state index contributed by atoms with van der Waals surface area (Å²) in [7, 11) is 4.03. The van der Waals surface area contributed by atoms with Crippen LogP contribution in [0.5, 0.6) is 0 Å². The van der Waals surface area contributed by atoms with Crippen LogP contribution in [0.2, 0.25) is 0 Å². The number of rotatable bonds is 8. The van der Waals surface area contributed by atoms with Gasteiger partial charge in [-0.1, -0.05) is 37.1 Å². The summed E-state index contributed by atoms with van der Waals surface area (Å²) < 4.78 is 0. The summed E-state index contributed by atoms with van der Waals surface area (Å²) in [5.41, 5.74) is 1.62. The summed E-state index contributed by atoms with van der Waals surface area (Å²) in [6, 6.07) is 7.74. The van der Waals surface area contributed by atoms with Gasteiger partial charge in [0.1, 0.15) is 5.54 Å². The number of amides is 4. The van der Waals surface area contributed by atoms with E-state index in [0.717, 1.165) is 37.8 Å². The molecule has 2 aliphatic rings. The number of hydrogen-bond donors (Lipinski definition) is 2. The van der Waals surface area contributed by atoms with Gasteiger partial charge in [-0.3, -0.25) is 14.5 Å². The van der Waals surface area contributed by atoms with Gasteiger partial charge in [-0.05, 0) is 44.5 Å². The van der Waals surface area contributed by atoms with E-state index < -0.39 is 5.54 Å². The number of nitrogens with zero attached hydrogens (tertiary/aromatic N) is 2. The van der Waals surface area contributed by atoms with Crippen LogP contribution < -0.4 is 10.6 Å². The fourth-order valence-electron chi connectivity index (χ4n) is 4.10.